The number of hydrogen-bond donors (Lipinski definition) is 1. The molecule has 0 saturated carbocycles. The molecular weight excluding hydrogens is 202 g/mol. The molecule has 1 spiro atoms. The Morgan fingerprint density at radius 2 is 2.00 bits per heavy atom. The van der Waals surface area contributed by atoms with Crippen molar-refractivity contribution in [3.05, 3.63) is 0 Å². The van der Waals surface area contributed by atoms with Gasteiger partial charge in [0.25, 0.3) is 0 Å². The smallest absolute Gasteiger partial charge is 0.191 e. The zero-order valence-electron chi connectivity index (χ0n) is 8.23. The minimum Gasteiger partial charge on any atom is -0.370 e. The molecule has 0 aromatic rings. The summed E-state index contributed by atoms with van der Waals surface area (Å²) in [4.78, 5) is 6.10. The molecule has 14 heavy (non-hydrogen) atoms. The van der Waals surface area contributed by atoms with Crippen molar-refractivity contribution >= 4 is 15.8 Å². The van der Waals surface area contributed by atoms with Gasteiger partial charge < -0.3 is 10.6 Å². The molecule has 2 heterocycles. The Hall–Kier alpha value is -0.780. The van der Waals surface area contributed by atoms with Gasteiger partial charge in [-0.05, 0) is 12.8 Å². The minimum absolute atomic E-state index is 0.116. The van der Waals surface area contributed by atoms with Crippen LogP contribution in [-0.2, 0) is 9.84 Å². The summed E-state index contributed by atoms with van der Waals surface area (Å²) in [5, 5.41) is 0. The monoisotopic (exact) mass is 217 g/mol. The van der Waals surface area contributed by atoms with Gasteiger partial charge in [-0.15, -0.1) is 0 Å². The van der Waals surface area contributed by atoms with Crippen LogP contribution in [0.2, 0.25) is 0 Å². The average Bonchev–Trinajstić information content (AvgIpc) is 2.40. The molecular formula is C8H15N3O2S. The van der Waals surface area contributed by atoms with Crippen LogP contribution in [0.1, 0.15) is 12.8 Å². The summed E-state index contributed by atoms with van der Waals surface area (Å²) in [6.45, 7) is 0.644. The van der Waals surface area contributed by atoms with Crippen LogP contribution >= 0.6 is 0 Å². The molecule has 2 rings (SSSR count). The number of hydrogen-bond acceptors (Lipinski definition) is 5. The zero-order chi connectivity index (χ0) is 10.4. The first-order valence-electron chi connectivity index (χ1n) is 4.69. The lowest BCUT2D eigenvalue weighted by Crippen LogP contribution is -2.53. The predicted molar refractivity (Wildman–Crippen MR) is 54.9 cm³/mol. The molecule has 1 fully saturated rings. The SMILES string of the molecule is CN1C(N)=NCC12CCS(=O)(=O)CC2. The Morgan fingerprint density at radius 3 is 2.43 bits per heavy atom. The Balaban J connectivity index is 2.16. The van der Waals surface area contributed by atoms with Crippen LogP contribution in [0, 0.1) is 0 Å². The van der Waals surface area contributed by atoms with Gasteiger partial charge in [-0.3, -0.25) is 4.99 Å². The molecule has 0 aromatic heterocycles. The van der Waals surface area contributed by atoms with Crippen LogP contribution in [0.4, 0.5) is 0 Å². The van der Waals surface area contributed by atoms with E-state index in [2.05, 4.69) is 4.99 Å². The van der Waals surface area contributed by atoms with E-state index in [9.17, 15) is 8.42 Å². The predicted octanol–water partition coefficient (Wildman–Crippen LogP) is -0.806. The summed E-state index contributed by atoms with van der Waals surface area (Å²) in [6.07, 6.45) is 1.30. The van der Waals surface area contributed by atoms with Crippen molar-refractivity contribution in [2.24, 2.45) is 10.7 Å². The Labute approximate surface area is 83.9 Å². The fourth-order valence-electron chi connectivity index (χ4n) is 2.09. The zero-order valence-corrected chi connectivity index (χ0v) is 9.05. The summed E-state index contributed by atoms with van der Waals surface area (Å²) in [7, 11) is -0.913. The maximum Gasteiger partial charge on any atom is 0.191 e. The molecule has 0 aromatic carbocycles. The molecule has 0 unspecified atom stereocenters. The third-order valence-electron chi connectivity index (χ3n) is 3.35. The largest absolute Gasteiger partial charge is 0.370 e. The van der Waals surface area contributed by atoms with E-state index >= 15 is 0 Å². The van der Waals surface area contributed by atoms with Crippen molar-refractivity contribution in [3.8, 4) is 0 Å². The quantitative estimate of drug-likeness (QED) is 0.576. The lowest BCUT2D eigenvalue weighted by Gasteiger charge is -2.39. The summed E-state index contributed by atoms with van der Waals surface area (Å²) in [5.41, 5.74) is 5.56. The maximum absolute atomic E-state index is 11.3. The summed E-state index contributed by atoms with van der Waals surface area (Å²) >= 11 is 0. The van der Waals surface area contributed by atoms with Crippen molar-refractivity contribution in [1.29, 1.82) is 0 Å². The van der Waals surface area contributed by atoms with Crippen LogP contribution in [-0.4, -0.2) is 49.9 Å². The Morgan fingerprint density at radius 1 is 1.43 bits per heavy atom. The molecule has 2 aliphatic heterocycles. The van der Waals surface area contributed by atoms with Gasteiger partial charge >= 0.3 is 0 Å². The standard InChI is InChI=1S/C8H15N3O2S/c1-11-7(9)10-6-8(11)2-4-14(12,13)5-3-8/h2-6H2,1H3,(H2,9,10). The van der Waals surface area contributed by atoms with Gasteiger partial charge in [-0.25, -0.2) is 8.42 Å². The lowest BCUT2D eigenvalue weighted by atomic mass is 9.92. The van der Waals surface area contributed by atoms with Crippen LogP contribution in [0.25, 0.3) is 0 Å². The van der Waals surface area contributed by atoms with Gasteiger partial charge in [0.05, 0.1) is 23.6 Å². The highest BCUT2D eigenvalue weighted by atomic mass is 32.2. The van der Waals surface area contributed by atoms with Crippen LogP contribution in [0.15, 0.2) is 4.99 Å². The molecule has 0 radical (unpaired) electrons. The summed E-state index contributed by atoms with van der Waals surface area (Å²) in [6, 6.07) is 0. The van der Waals surface area contributed by atoms with Gasteiger partial charge in [0.15, 0.2) is 15.8 Å². The highest BCUT2D eigenvalue weighted by Crippen LogP contribution is 2.32. The number of nitrogens with zero attached hydrogens (tertiary/aromatic N) is 2. The van der Waals surface area contributed by atoms with E-state index in [4.69, 9.17) is 5.73 Å². The van der Waals surface area contributed by atoms with Crippen molar-refractivity contribution in [2.75, 3.05) is 25.1 Å². The van der Waals surface area contributed by atoms with Crippen molar-refractivity contribution in [3.63, 3.8) is 0 Å². The molecule has 0 aliphatic carbocycles. The van der Waals surface area contributed by atoms with Gasteiger partial charge in [-0.2, -0.15) is 0 Å². The fraction of sp³-hybridized carbons (Fsp3) is 0.875. The number of sulfone groups is 1. The van der Waals surface area contributed by atoms with E-state index in [1.807, 2.05) is 11.9 Å². The van der Waals surface area contributed by atoms with E-state index in [0.29, 0.717) is 25.3 Å². The molecule has 0 atom stereocenters. The normalized spacial score (nSPS) is 29.2. The van der Waals surface area contributed by atoms with E-state index in [1.165, 1.54) is 0 Å². The number of likely N-dealkylation sites (N-methyl/N-ethyl adjacent to an activating group) is 1. The molecule has 5 nitrogen and oxygen atoms in total. The van der Waals surface area contributed by atoms with Crippen molar-refractivity contribution in [1.82, 2.24) is 4.90 Å². The fourth-order valence-corrected chi connectivity index (χ4v) is 3.68. The molecule has 0 bridgehead atoms. The van der Waals surface area contributed by atoms with Gasteiger partial charge in [0.1, 0.15) is 0 Å². The second kappa shape index (κ2) is 2.85. The number of rotatable bonds is 0. The topological polar surface area (TPSA) is 75.8 Å². The Bertz CT molecular complexity index is 360. The van der Waals surface area contributed by atoms with Gasteiger partial charge in [0.2, 0.25) is 0 Å². The van der Waals surface area contributed by atoms with Crippen molar-refractivity contribution < 1.29 is 8.42 Å². The Kier molecular flexibility index (Phi) is 1.99. The summed E-state index contributed by atoms with van der Waals surface area (Å²) in [5.74, 6) is 1.06. The van der Waals surface area contributed by atoms with Crippen LogP contribution < -0.4 is 5.73 Å². The molecule has 0 amide bonds. The number of guanidine groups is 1. The molecule has 2 aliphatic rings. The summed E-state index contributed by atoms with van der Waals surface area (Å²) < 4.78 is 22.6. The highest BCUT2D eigenvalue weighted by Gasteiger charge is 2.44. The van der Waals surface area contributed by atoms with E-state index in [-0.39, 0.29) is 17.0 Å². The number of nitrogens with two attached hydrogens (primary N) is 1. The third kappa shape index (κ3) is 1.37. The first-order chi connectivity index (χ1) is 6.45. The van der Waals surface area contributed by atoms with E-state index < -0.39 is 9.84 Å². The van der Waals surface area contributed by atoms with Crippen LogP contribution in [0.3, 0.4) is 0 Å². The average molecular weight is 217 g/mol. The molecule has 2 N–H and O–H groups in total. The van der Waals surface area contributed by atoms with Gasteiger partial charge in [0, 0.05) is 7.05 Å². The molecule has 80 valence electrons. The second-order valence-corrected chi connectivity index (χ2v) is 6.41. The minimum atomic E-state index is -2.81. The second-order valence-electron chi connectivity index (χ2n) is 4.11. The first kappa shape index (κ1) is 9.76. The van der Waals surface area contributed by atoms with Gasteiger partial charge in [-0.1, -0.05) is 0 Å². The van der Waals surface area contributed by atoms with Crippen LogP contribution in [0.5, 0.6) is 0 Å². The number of aliphatic imine (C=N–C) groups is 1. The lowest BCUT2D eigenvalue weighted by molar-refractivity contribution is 0.214. The van der Waals surface area contributed by atoms with Crippen molar-refractivity contribution in [2.45, 2.75) is 18.4 Å². The maximum atomic E-state index is 11.3. The third-order valence-corrected chi connectivity index (χ3v) is 5.00. The van der Waals surface area contributed by atoms with E-state index in [0.717, 1.165) is 0 Å². The van der Waals surface area contributed by atoms with E-state index in [1.54, 1.807) is 0 Å². The molecule has 6 heteroatoms. The molecule has 1 saturated heterocycles. The highest BCUT2D eigenvalue weighted by molar-refractivity contribution is 7.91. The first-order valence-corrected chi connectivity index (χ1v) is 6.52.